The van der Waals surface area contributed by atoms with Crippen molar-refractivity contribution in [2.45, 2.75) is 25.9 Å². The number of nitrogens with zero attached hydrogens (tertiary/aromatic N) is 1. The van der Waals surface area contributed by atoms with Crippen molar-refractivity contribution in [2.75, 3.05) is 0 Å². The molecule has 19 heavy (non-hydrogen) atoms. The normalized spacial score (nSPS) is 12.3. The number of thiazole rings is 1. The molecule has 0 amide bonds. The van der Waals surface area contributed by atoms with E-state index in [1.165, 1.54) is 18.3 Å². The smallest absolute Gasteiger partial charge is 0.307 e. The fraction of sp³-hybridized carbons (Fsp3) is 0.308. The van der Waals surface area contributed by atoms with Crippen molar-refractivity contribution in [1.82, 2.24) is 4.98 Å². The Bertz CT molecular complexity index is 558. The molecule has 2 aromatic rings. The zero-order valence-corrected chi connectivity index (χ0v) is 11.1. The van der Waals surface area contributed by atoms with Gasteiger partial charge in [0.2, 0.25) is 0 Å². The number of aromatic nitrogens is 1. The maximum atomic E-state index is 11.0. The molecule has 5 nitrogen and oxygen atoms in total. The molecule has 6 heteroatoms. The largest absolute Gasteiger partial charge is 0.481 e. The average Bonchev–Trinajstić information content (AvgIpc) is 2.68. The lowest BCUT2D eigenvalue weighted by molar-refractivity contribution is -0.150. The Kier molecular flexibility index (Phi) is 4.11. The first-order valence-corrected chi connectivity index (χ1v) is 6.59. The van der Waals surface area contributed by atoms with Crippen molar-refractivity contribution < 1.29 is 19.4 Å². The van der Waals surface area contributed by atoms with E-state index in [1.807, 2.05) is 24.3 Å². The van der Waals surface area contributed by atoms with Gasteiger partial charge in [0.1, 0.15) is 6.10 Å². The first kappa shape index (κ1) is 13.5. The van der Waals surface area contributed by atoms with E-state index in [0.29, 0.717) is 6.42 Å². The number of hydrogen-bond acceptors (Lipinski definition) is 5. The fourth-order valence-electron chi connectivity index (χ4n) is 1.79. The molecule has 0 aliphatic carbocycles. The second-order valence-corrected chi connectivity index (χ2v) is 5.22. The molecule has 0 unspecified atom stereocenters. The number of rotatable bonds is 5. The number of carboxylic acids is 1. The number of fused-ring (bicyclic) bond motifs is 1. The molecule has 0 aliphatic rings. The lowest BCUT2D eigenvalue weighted by Gasteiger charge is -2.13. The molecule has 2 rings (SSSR count). The zero-order chi connectivity index (χ0) is 13.8. The van der Waals surface area contributed by atoms with Gasteiger partial charge < -0.3 is 9.84 Å². The maximum absolute atomic E-state index is 11.0. The first-order valence-electron chi connectivity index (χ1n) is 5.78. The molecule has 1 atom stereocenters. The molecule has 0 radical (unpaired) electrons. The fourth-order valence-corrected chi connectivity index (χ4v) is 2.82. The summed E-state index contributed by atoms with van der Waals surface area (Å²) in [4.78, 5) is 26.1. The van der Waals surface area contributed by atoms with Crippen LogP contribution in [0.3, 0.4) is 0 Å². The minimum absolute atomic E-state index is 0.213. The van der Waals surface area contributed by atoms with Gasteiger partial charge in [-0.05, 0) is 12.1 Å². The summed E-state index contributed by atoms with van der Waals surface area (Å²) >= 11 is 1.48. The van der Waals surface area contributed by atoms with Crippen molar-refractivity contribution in [2.24, 2.45) is 0 Å². The van der Waals surface area contributed by atoms with Gasteiger partial charge in [-0.15, -0.1) is 11.3 Å². The average molecular weight is 279 g/mol. The predicted molar refractivity (Wildman–Crippen MR) is 71.1 cm³/mol. The quantitative estimate of drug-likeness (QED) is 0.849. The Labute approximate surface area is 113 Å². The van der Waals surface area contributed by atoms with Gasteiger partial charge in [0.05, 0.1) is 21.6 Å². The summed E-state index contributed by atoms with van der Waals surface area (Å²) in [7, 11) is 0. The van der Waals surface area contributed by atoms with Gasteiger partial charge in [-0.1, -0.05) is 12.1 Å². The van der Waals surface area contributed by atoms with E-state index < -0.39 is 18.0 Å². The number of benzene rings is 1. The van der Waals surface area contributed by atoms with Crippen LogP contribution in [0.25, 0.3) is 10.2 Å². The van der Waals surface area contributed by atoms with Crippen LogP contribution in [-0.4, -0.2) is 28.1 Å². The van der Waals surface area contributed by atoms with Crippen molar-refractivity contribution in [3.63, 3.8) is 0 Å². The van der Waals surface area contributed by atoms with E-state index >= 15 is 0 Å². The molecule has 100 valence electrons. The number of aliphatic carboxylic acids is 1. The summed E-state index contributed by atoms with van der Waals surface area (Å²) in [6.45, 7) is 1.27. The third-order valence-electron chi connectivity index (χ3n) is 2.48. The van der Waals surface area contributed by atoms with E-state index in [2.05, 4.69) is 4.98 Å². The van der Waals surface area contributed by atoms with Crippen LogP contribution in [0.4, 0.5) is 0 Å². The summed E-state index contributed by atoms with van der Waals surface area (Å²) in [5, 5.41) is 9.58. The van der Waals surface area contributed by atoms with Crippen molar-refractivity contribution in [1.29, 1.82) is 0 Å². The number of ether oxygens (including phenoxy) is 1. The third kappa shape index (κ3) is 3.75. The van der Waals surface area contributed by atoms with Gasteiger partial charge in [-0.3, -0.25) is 9.59 Å². The van der Waals surface area contributed by atoms with E-state index in [9.17, 15) is 9.59 Å². The highest BCUT2D eigenvalue weighted by Crippen LogP contribution is 2.23. The van der Waals surface area contributed by atoms with Crippen LogP contribution in [0.1, 0.15) is 18.4 Å². The summed E-state index contributed by atoms with van der Waals surface area (Å²) in [5.41, 5.74) is 0.874. The molecule has 1 aromatic heterocycles. The van der Waals surface area contributed by atoms with Gasteiger partial charge in [-0.2, -0.15) is 0 Å². The molecule has 1 aromatic carbocycles. The standard InChI is InChI=1S/C13H13NO4S/c1-8(15)18-9(7-13(16)17)6-12-14-10-4-2-3-5-11(10)19-12/h2-5,9H,6-7H2,1H3,(H,16,17)/t9-/m0/s1. The van der Waals surface area contributed by atoms with E-state index in [0.717, 1.165) is 15.2 Å². The monoisotopic (exact) mass is 279 g/mol. The number of carbonyl (C=O) groups excluding carboxylic acids is 1. The SMILES string of the molecule is CC(=O)O[C@H](CC(=O)O)Cc1nc2ccccc2s1. The van der Waals surface area contributed by atoms with Crippen molar-refractivity contribution in [3.05, 3.63) is 29.3 Å². The van der Waals surface area contributed by atoms with Crippen LogP contribution in [0, 0.1) is 0 Å². The first-order chi connectivity index (χ1) is 9.04. The van der Waals surface area contributed by atoms with Crippen LogP contribution in [0.2, 0.25) is 0 Å². The topological polar surface area (TPSA) is 76.5 Å². The van der Waals surface area contributed by atoms with E-state index in [-0.39, 0.29) is 6.42 Å². The summed E-state index contributed by atoms with van der Waals surface area (Å²) in [6.07, 6.45) is -0.559. The van der Waals surface area contributed by atoms with Crippen LogP contribution in [0.5, 0.6) is 0 Å². The Morgan fingerprint density at radius 1 is 1.42 bits per heavy atom. The van der Waals surface area contributed by atoms with Crippen LogP contribution < -0.4 is 0 Å². The minimum atomic E-state index is -0.993. The predicted octanol–water partition coefficient (Wildman–Crippen LogP) is 2.25. The highest BCUT2D eigenvalue weighted by atomic mass is 32.1. The van der Waals surface area contributed by atoms with Gasteiger partial charge in [0.15, 0.2) is 0 Å². The van der Waals surface area contributed by atoms with Gasteiger partial charge in [0, 0.05) is 13.3 Å². The van der Waals surface area contributed by atoms with Gasteiger partial charge in [-0.25, -0.2) is 4.98 Å². The molecular weight excluding hydrogens is 266 g/mol. The minimum Gasteiger partial charge on any atom is -0.481 e. The molecular formula is C13H13NO4S. The molecule has 0 bridgehead atoms. The Morgan fingerprint density at radius 2 is 2.16 bits per heavy atom. The van der Waals surface area contributed by atoms with Crippen LogP contribution in [0.15, 0.2) is 24.3 Å². The molecule has 0 saturated carbocycles. The second-order valence-electron chi connectivity index (χ2n) is 4.11. The number of carbonyl (C=O) groups is 2. The highest BCUT2D eigenvalue weighted by Gasteiger charge is 2.19. The molecule has 0 spiro atoms. The van der Waals surface area contributed by atoms with Crippen molar-refractivity contribution >= 4 is 33.5 Å². The molecule has 1 heterocycles. The number of para-hydroxylation sites is 1. The zero-order valence-electron chi connectivity index (χ0n) is 10.3. The molecule has 1 N–H and O–H groups in total. The third-order valence-corrected chi connectivity index (χ3v) is 3.53. The van der Waals surface area contributed by atoms with Gasteiger partial charge >= 0.3 is 11.9 Å². The van der Waals surface area contributed by atoms with Crippen molar-refractivity contribution in [3.8, 4) is 0 Å². The number of esters is 1. The Morgan fingerprint density at radius 3 is 2.79 bits per heavy atom. The second kappa shape index (κ2) is 5.79. The lowest BCUT2D eigenvalue weighted by Crippen LogP contribution is -2.22. The Hall–Kier alpha value is -1.95. The lowest BCUT2D eigenvalue weighted by atomic mass is 10.2. The Balaban J connectivity index is 2.15. The summed E-state index contributed by atoms with van der Waals surface area (Å²) < 4.78 is 6.04. The van der Waals surface area contributed by atoms with E-state index in [4.69, 9.17) is 9.84 Å². The molecule has 0 aliphatic heterocycles. The summed E-state index contributed by atoms with van der Waals surface area (Å²) in [5.74, 6) is -1.47. The van der Waals surface area contributed by atoms with Gasteiger partial charge in [0.25, 0.3) is 0 Å². The number of carboxylic acid groups (broad SMARTS) is 1. The molecule has 0 saturated heterocycles. The summed E-state index contributed by atoms with van der Waals surface area (Å²) in [6, 6.07) is 7.67. The van der Waals surface area contributed by atoms with Crippen LogP contribution in [-0.2, 0) is 20.7 Å². The maximum Gasteiger partial charge on any atom is 0.307 e. The highest BCUT2D eigenvalue weighted by molar-refractivity contribution is 7.18. The van der Waals surface area contributed by atoms with Crippen LogP contribution >= 0.6 is 11.3 Å². The molecule has 0 fully saturated rings. The van der Waals surface area contributed by atoms with E-state index in [1.54, 1.807) is 0 Å². The number of hydrogen-bond donors (Lipinski definition) is 1.